The van der Waals surface area contributed by atoms with Crippen LogP contribution in [0.4, 0.5) is 4.39 Å². The Morgan fingerprint density at radius 3 is 1.97 bits per heavy atom. The summed E-state index contributed by atoms with van der Waals surface area (Å²) in [5, 5.41) is 0. The van der Waals surface area contributed by atoms with Gasteiger partial charge in [-0.05, 0) is 60.4 Å². The second kappa shape index (κ2) is 12.2. The van der Waals surface area contributed by atoms with Crippen molar-refractivity contribution in [2.24, 2.45) is 0 Å². The maximum absolute atomic E-state index is 14.8. The van der Waals surface area contributed by atoms with E-state index in [1.165, 1.54) is 25.1 Å². The first kappa shape index (κ1) is 24.5. The summed E-state index contributed by atoms with van der Waals surface area (Å²) in [5.41, 5.74) is 2.38. The maximum atomic E-state index is 14.8. The molecule has 0 radical (unpaired) electrons. The summed E-state index contributed by atoms with van der Waals surface area (Å²) < 4.78 is 29.5. The van der Waals surface area contributed by atoms with Crippen LogP contribution in [0.5, 0.6) is 5.75 Å². The van der Waals surface area contributed by atoms with Crippen molar-refractivity contribution in [3.63, 3.8) is 0 Å². The summed E-state index contributed by atoms with van der Waals surface area (Å²) in [6, 6.07) is 9.91. The molecule has 0 aromatic heterocycles. The summed E-state index contributed by atoms with van der Waals surface area (Å²) >= 11 is 0. The summed E-state index contributed by atoms with van der Waals surface area (Å²) in [7, 11) is 0. The average molecular weight is 440 g/mol. The molecule has 0 heterocycles. The number of carbonyl (C=O) groups excluding carboxylic acids is 3. The Kier molecular flexibility index (Phi) is 9.35. The second-order valence-corrected chi connectivity index (χ2v) is 6.68. The van der Waals surface area contributed by atoms with Crippen LogP contribution in [0, 0.1) is 5.82 Å². The predicted molar refractivity (Wildman–Crippen MR) is 118 cm³/mol. The molecule has 6 nitrogen and oxygen atoms in total. The van der Waals surface area contributed by atoms with Crippen LogP contribution in [-0.2, 0) is 30.3 Å². The monoisotopic (exact) mass is 440 g/mol. The molecule has 7 heteroatoms. The Bertz CT molecular complexity index is 992. The van der Waals surface area contributed by atoms with Gasteiger partial charge in [0.15, 0.2) is 11.6 Å². The van der Waals surface area contributed by atoms with Crippen LogP contribution in [0.15, 0.2) is 48.6 Å². The molecular formula is C25H25FO6. The van der Waals surface area contributed by atoms with Gasteiger partial charge in [-0.25, -0.2) is 14.0 Å². The highest BCUT2D eigenvalue weighted by Crippen LogP contribution is 2.24. The molecule has 2 rings (SSSR count). The van der Waals surface area contributed by atoms with Crippen molar-refractivity contribution in [2.45, 2.75) is 27.2 Å². The summed E-state index contributed by atoms with van der Waals surface area (Å²) in [6.07, 6.45) is 5.94. The normalized spacial score (nSPS) is 11.0. The van der Waals surface area contributed by atoms with Crippen LogP contribution >= 0.6 is 0 Å². The van der Waals surface area contributed by atoms with Crippen LogP contribution in [0.3, 0.4) is 0 Å². The molecule has 0 aliphatic rings. The molecule has 0 saturated carbocycles. The number of rotatable bonds is 9. The molecule has 0 unspecified atom stereocenters. The Labute approximate surface area is 186 Å². The molecule has 32 heavy (non-hydrogen) atoms. The highest BCUT2D eigenvalue weighted by molar-refractivity contribution is 5.88. The van der Waals surface area contributed by atoms with Crippen molar-refractivity contribution >= 4 is 30.1 Å². The molecule has 0 atom stereocenters. The van der Waals surface area contributed by atoms with Gasteiger partial charge in [0.05, 0.1) is 13.2 Å². The first-order chi connectivity index (χ1) is 15.3. The summed E-state index contributed by atoms with van der Waals surface area (Å²) in [4.78, 5) is 34.5. The molecule has 0 fully saturated rings. The molecule has 0 spiro atoms. The first-order valence-corrected chi connectivity index (χ1v) is 10.1. The zero-order chi connectivity index (χ0) is 23.5. The van der Waals surface area contributed by atoms with E-state index in [1.807, 2.05) is 0 Å². The molecule has 0 N–H and O–H groups in total. The third-order valence-electron chi connectivity index (χ3n) is 4.13. The van der Waals surface area contributed by atoms with Crippen molar-refractivity contribution in [3.05, 3.63) is 76.6 Å². The Balaban J connectivity index is 2.39. The van der Waals surface area contributed by atoms with E-state index in [0.29, 0.717) is 16.7 Å². The van der Waals surface area contributed by atoms with Crippen LogP contribution in [-0.4, -0.2) is 31.1 Å². The van der Waals surface area contributed by atoms with Gasteiger partial charge >= 0.3 is 17.9 Å². The number of ether oxygens (including phenoxy) is 3. The van der Waals surface area contributed by atoms with E-state index in [4.69, 9.17) is 14.2 Å². The van der Waals surface area contributed by atoms with E-state index < -0.39 is 23.7 Å². The zero-order valence-electron chi connectivity index (χ0n) is 18.2. The number of carbonyl (C=O) groups is 3. The Hall–Kier alpha value is -3.74. The van der Waals surface area contributed by atoms with E-state index >= 15 is 0 Å². The summed E-state index contributed by atoms with van der Waals surface area (Å²) in [6.45, 7) is 5.14. The molecule has 2 aromatic rings. The minimum atomic E-state index is -0.626. The number of esters is 3. The smallest absolute Gasteiger partial charge is 0.330 e. The van der Waals surface area contributed by atoms with E-state index in [0.717, 1.165) is 5.56 Å². The van der Waals surface area contributed by atoms with Crippen LogP contribution < -0.4 is 4.74 Å². The van der Waals surface area contributed by atoms with Crippen molar-refractivity contribution in [2.75, 3.05) is 13.2 Å². The standard InChI is InChI=1S/C25H25FO6/c1-4-30-23(28)11-9-18-13-19(10-12-24(29)31-5-2)15-20(14-18)16-21-7-6-8-22(25(21)26)32-17(3)27/h6-15H,4-5,16H2,1-3H3. The van der Waals surface area contributed by atoms with Gasteiger partial charge in [-0.15, -0.1) is 0 Å². The van der Waals surface area contributed by atoms with Gasteiger partial charge in [-0.3, -0.25) is 4.79 Å². The highest BCUT2D eigenvalue weighted by Gasteiger charge is 2.12. The largest absolute Gasteiger partial charge is 0.463 e. The quantitative estimate of drug-likeness (QED) is 0.325. The van der Waals surface area contributed by atoms with Crippen molar-refractivity contribution in [3.8, 4) is 5.75 Å². The second-order valence-electron chi connectivity index (χ2n) is 6.68. The van der Waals surface area contributed by atoms with Gasteiger partial charge in [-0.1, -0.05) is 24.3 Å². The molecule has 0 amide bonds. The fourth-order valence-electron chi connectivity index (χ4n) is 2.90. The number of hydrogen-bond donors (Lipinski definition) is 0. The molecule has 0 saturated heterocycles. The molecule has 0 aliphatic heterocycles. The molecule has 0 aliphatic carbocycles. The van der Waals surface area contributed by atoms with Gasteiger partial charge < -0.3 is 14.2 Å². The van der Waals surface area contributed by atoms with Crippen molar-refractivity contribution < 1.29 is 33.0 Å². The Morgan fingerprint density at radius 1 is 0.906 bits per heavy atom. The topological polar surface area (TPSA) is 78.9 Å². The van der Waals surface area contributed by atoms with E-state index in [1.54, 1.807) is 56.3 Å². The van der Waals surface area contributed by atoms with Gasteiger partial charge in [0.2, 0.25) is 0 Å². The molecular weight excluding hydrogens is 415 g/mol. The third kappa shape index (κ3) is 7.83. The van der Waals surface area contributed by atoms with Crippen LogP contribution in [0.2, 0.25) is 0 Å². The fraction of sp³-hybridized carbons (Fsp3) is 0.240. The minimum Gasteiger partial charge on any atom is -0.463 e. The minimum absolute atomic E-state index is 0.143. The average Bonchev–Trinajstić information content (AvgIpc) is 2.74. The number of hydrogen-bond acceptors (Lipinski definition) is 6. The zero-order valence-corrected chi connectivity index (χ0v) is 18.2. The van der Waals surface area contributed by atoms with Gasteiger partial charge in [0.1, 0.15) is 0 Å². The van der Waals surface area contributed by atoms with Crippen LogP contribution in [0.25, 0.3) is 12.2 Å². The lowest BCUT2D eigenvalue weighted by Crippen LogP contribution is -2.05. The number of benzene rings is 2. The van der Waals surface area contributed by atoms with Crippen LogP contribution in [0.1, 0.15) is 43.0 Å². The molecule has 2 aromatic carbocycles. The third-order valence-corrected chi connectivity index (χ3v) is 4.13. The van der Waals surface area contributed by atoms with E-state index in [2.05, 4.69) is 0 Å². The van der Waals surface area contributed by atoms with E-state index in [9.17, 15) is 18.8 Å². The Morgan fingerprint density at radius 2 is 1.47 bits per heavy atom. The predicted octanol–water partition coefficient (Wildman–Crippen LogP) is 4.49. The lowest BCUT2D eigenvalue weighted by molar-refractivity contribution is -0.138. The lowest BCUT2D eigenvalue weighted by atomic mass is 9.98. The first-order valence-electron chi connectivity index (χ1n) is 10.1. The lowest BCUT2D eigenvalue weighted by Gasteiger charge is -2.10. The van der Waals surface area contributed by atoms with Crippen molar-refractivity contribution in [1.82, 2.24) is 0 Å². The van der Waals surface area contributed by atoms with Gasteiger partial charge in [0.25, 0.3) is 0 Å². The molecule has 168 valence electrons. The fourth-order valence-corrected chi connectivity index (χ4v) is 2.90. The number of halogens is 1. The van der Waals surface area contributed by atoms with Gasteiger partial charge in [-0.2, -0.15) is 0 Å². The van der Waals surface area contributed by atoms with Gasteiger partial charge in [0, 0.05) is 25.5 Å². The van der Waals surface area contributed by atoms with Crippen molar-refractivity contribution in [1.29, 1.82) is 0 Å². The SMILES string of the molecule is CCOC(=O)C=Cc1cc(C=CC(=O)OCC)cc(Cc2cccc(OC(C)=O)c2F)c1. The summed E-state index contributed by atoms with van der Waals surface area (Å²) in [5.74, 6) is -2.35. The molecule has 0 bridgehead atoms. The highest BCUT2D eigenvalue weighted by atomic mass is 19.1. The maximum Gasteiger partial charge on any atom is 0.330 e. The van der Waals surface area contributed by atoms with E-state index in [-0.39, 0.29) is 25.4 Å².